The molecule has 1 unspecified atom stereocenters. The van der Waals surface area contributed by atoms with E-state index in [-0.39, 0.29) is 18.2 Å². The van der Waals surface area contributed by atoms with Crippen molar-refractivity contribution in [3.63, 3.8) is 0 Å². The Hall–Kier alpha value is -2.41. The number of aryl methyl sites for hydroxylation is 1. The maximum Gasteiger partial charge on any atom is 0.250 e. The molecule has 1 N–H and O–H groups in total. The molecule has 1 aromatic heterocycles. The lowest BCUT2D eigenvalue weighted by Gasteiger charge is -2.17. The van der Waals surface area contributed by atoms with Crippen LogP contribution in [0.2, 0.25) is 0 Å². The largest absolute Gasteiger partial charge is 0.497 e. The summed E-state index contributed by atoms with van der Waals surface area (Å²) < 4.78 is 6.90. The first-order chi connectivity index (χ1) is 11.0. The maximum atomic E-state index is 12.2. The molecule has 122 valence electrons. The number of carbonyl (C=O) groups is 2. The summed E-state index contributed by atoms with van der Waals surface area (Å²) in [6.07, 6.45) is 1.94. The van der Waals surface area contributed by atoms with Crippen LogP contribution in [-0.2, 0) is 16.6 Å². The van der Waals surface area contributed by atoms with E-state index < -0.39 is 6.04 Å². The molecular weight excluding hydrogens is 314 g/mol. The van der Waals surface area contributed by atoms with E-state index in [1.165, 1.54) is 18.3 Å². The van der Waals surface area contributed by atoms with Crippen molar-refractivity contribution >= 4 is 23.2 Å². The van der Waals surface area contributed by atoms with Gasteiger partial charge < -0.3 is 14.6 Å². The first-order valence-corrected chi connectivity index (χ1v) is 7.96. The van der Waals surface area contributed by atoms with Crippen LogP contribution in [0.3, 0.4) is 0 Å². The first kappa shape index (κ1) is 17.0. The van der Waals surface area contributed by atoms with Crippen molar-refractivity contribution in [1.82, 2.24) is 9.88 Å². The van der Waals surface area contributed by atoms with Gasteiger partial charge in [-0.05, 0) is 17.7 Å². The Morgan fingerprint density at radius 1 is 1.35 bits per heavy atom. The van der Waals surface area contributed by atoms with Crippen LogP contribution in [0.25, 0.3) is 0 Å². The fraction of sp³-hybridized carbons (Fsp3) is 0.312. The van der Waals surface area contributed by atoms with Gasteiger partial charge in [0.2, 0.25) is 5.91 Å². The van der Waals surface area contributed by atoms with Gasteiger partial charge >= 0.3 is 0 Å². The van der Waals surface area contributed by atoms with Crippen molar-refractivity contribution in [3.05, 3.63) is 46.2 Å². The molecule has 0 fully saturated rings. The van der Waals surface area contributed by atoms with Crippen molar-refractivity contribution in [2.75, 3.05) is 7.11 Å². The number of nitrogens with one attached hydrogen (secondary N) is 1. The monoisotopic (exact) mass is 333 g/mol. The van der Waals surface area contributed by atoms with Gasteiger partial charge in [-0.1, -0.05) is 12.1 Å². The topological polar surface area (TPSA) is 72.7 Å². The number of hydrogen-bond donors (Lipinski definition) is 1. The molecule has 0 spiro atoms. The van der Waals surface area contributed by atoms with E-state index >= 15 is 0 Å². The van der Waals surface area contributed by atoms with Gasteiger partial charge in [0, 0.05) is 25.5 Å². The van der Waals surface area contributed by atoms with Gasteiger partial charge in [0.1, 0.15) is 5.75 Å². The molecule has 0 radical (unpaired) electrons. The highest BCUT2D eigenvalue weighted by atomic mass is 32.1. The summed E-state index contributed by atoms with van der Waals surface area (Å²) in [7, 11) is 3.42. The van der Waals surface area contributed by atoms with E-state index in [0.29, 0.717) is 4.80 Å². The molecule has 0 bridgehead atoms. The highest BCUT2D eigenvalue weighted by Crippen LogP contribution is 2.20. The molecule has 1 aromatic carbocycles. The summed E-state index contributed by atoms with van der Waals surface area (Å²) in [5, 5.41) is 4.66. The van der Waals surface area contributed by atoms with Crippen LogP contribution in [0.4, 0.5) is 0 Å². The second-order valence-electron chi connectivity index (χ2n) is 5.03. The predicted octanol–water partition coefficient (Wildman–Crippen LogP) is 1.79. The van der Waals surface area contributed by atoms with Crippen LogP contribution in [0.15, 0.2) is 40.8 Å². The summed E-state index contributed by atoms with van der Waals surface area (Å²) in [5.41, 5.74) is 0.833. The van der Waals surface area contributed by atoms with Crippen LogP contribution in [-0.4, -0.2) is 23.5 Å². The molecular formula is C16H19N3O3S. The highest BCUT2D eigenvalue weighted by molar-refractivity contribution is 7.07. The third kappa shape index (κ3) is 4.79. The molecule has 1 atom stereocenters. The molecule has 2 aromatic rings. The summed E-state index contributed by atoms with van der Waals surface area (Å²) in [4.78, 5) is 28.3. The minimum Gasteiger partial charge on any atom is -0.497 e. The SMILES string of the molecule is COc1ccc(C(CC(=O)N=c2sccn2C)NC(C)=O)cc1. The molecule has 23 heavy (non-hydrogen) atoms. The number of thiazole rings is 1. The molecule has 0 aliphatic rings. The fourth-order valence-corrected chi connectivity index (χ4v) is 2.84. The van der Waals surface area contributed by atoms with Gasteiger partial charge in [0.15, 0.2) is 4.80 Å². The van der Waals surface area contributed by atoms with Crippen molar-refractivity contribution in [2.45, 2.75) is 19.4 Å². The normalized spacial score (nSPS) is 12.7. The smallest absolute Gasteiger partial charge is 0.250 e. The van der Waals surface area contributed by atoms with E-state index in [2.05, 4.69) is 10.3 Å². The Morgan fingerprint density at radius 3 is 2.57 bits per heavy atom. The fourth-order valence-electron chi connectivity index (χ4n) is 2.10. The average Bonchev–Trinajstić information content (AvgIpc) is 2.91. The lowest BCUT2D eigenvalue weighted by molar-refractivity contribution is -0.121. The summed E-state index contributed by atoms with van der Waals surface area (Å²) >= 11 is 1.39. The third-order valence-electron chi connectivity index (χ3n) is 3.25. The van der Waals surface area contributed by atoms with E-state index in [4.69, 9.17) is 4.74 Å². The van der Waals surface area contributed by atoms with E-state index in [1.54, 1.807) is 23.8 Å². The van der Waals surface area contributed by atoms with Crippen LogP contribution in [0, 0.1) is 0 Å². The first-order valence-electron chi connectivity index (χ1n) is 7.08. The lowest BCUT2D eigenvalue weighted by Crippen LogP contribution is -2.28. The molecule has 6 nitrogen and oxygen atoms in total. The summed E-state index contributed by atoms with van der Waals surface area (Å²) in [6.45, 7) is 1.43. The average molecular weight is 333 g/mol. The Balaban J connectivity index is 2.19. The predicted molar refractivity (Wildman–Crippen MR) is 88.0 cm³/mol. The minimum absolute atomic E-state index is 0.101. The number of amides is 2. The number of methoxy groups -OCH3 is 1. The summed E-state index contributed by atoms with van der Waals surface area (Å²) in [6, 6.07) is 6.84. The molecule has 0 saturated carbocycles. The number of hydrogen-bond acceptors (Lipinski definition) is 4. The second-order valence-corrected chi connectivity index (χ2v) is 5.91. The Labute approximate surface area is 138 Å². The van der Waals surface area contributed by atoms with Crippen LogP contribution >= 0.6 is 11.3 Å². The quantitative estimate of drug-likeness (QED) is 0.907. The Kier molecular flexibility index (Phi) is 5.70. The molecule has 7 heteroatoms. The van der Waals surface area contributed by atoms with Crippen LogP contribution in [0.5, 0.6) is 5.75 Å². The Morgan fingerprint density at radius 2 is 2.04 bits per heavy atom. The summed E-state index contributed by atoms with van der Waals surface area (Å²) in [5.74, 6) is 0.245. The maximum absolute atomic E-state index is 12.2. The molecule has 1 heterocycles. The zero-order valence-electron chi connectivity index (χ0n) is 13.3. The van der Waals surface area contributed by atoms with Crippen molar-refractivity contribution in [1.29, 1.82) is 0 Å². The van der Waals surface area contributed by atoms with Crippen LogP contribution < -0.4 is 14.9 Å². The van der Waals surface area contributed by atoms with Crippen molar-refractivity contribution < 1.29 is 14.3 Å². The van der Waals surface area contributed by atoms with Gasteiger partial charge in [-0.25, -0.2) is 0 Å². The number of rotatable bonds is 5. The van der Waals surface area contributed by atoms with Gasteiger partial charge in [-0.2, -0.15) is 4.99 Å². The van der Waals surface area contributed by atoms with E-state index in [9.17, 15) is 9.59 Å². The number of nitrogens with zero attached hydrogens (tertiary/aromatic N) is 2. The lowest BCUT2D eigenvalue weighted by atomic mass is 10.0. The Bertz CT molecular complexity index is 746. The molecule has 2 amide bonds. The molecule has 0 saturated heterocycles. The third-order valence-corrected chi connectivity index (χ3v) is 4.10. The second kappa shape index (κ2) is 7.73. The number of carbonyl (C=O) groups excluding carboxylic acids is 2. The van der Waals surface area contributed by atoms with Crippen molar-refractivity contribution in [2.24, 2.45) is 12.0 Å². The standard InChI is InChI=1S/C16H19N3O3S/c1-11(20)17-14(12-4-6-13(22-3)7-5-12)10-15(21)18-16-19(2)8-9-23-16/h4-9,14H,10H2,1-3H3,(H,17,20). The van der Waals surface area contributed by atoms with E-state index in [1.807, 2.05) is 30.8 Å². The number of ether oxygens (including phenoxy) is 1. The highest BCUT2D eigenvalue weighted by Gasteiger charge is 2.17. The zero-order valence-corrected chi connectivity index (χ0v) is 14.1. The van der Waals surface area contributed by atoms with E-state index in [0.717, 1.165) is 11.3 Å². The molecule has 0 aliphatic heterocycles. The minimum atomic E-state index is -0.417. The van der Waals surface area contributed by atoms with Crippen LogP contribution in [0.1, 0.15) is 24.9 Å². The van der Waals surface area contributed by atoms with Crippen molar-refractivity contribution in [3.8, 4) is 5.75 Å². The van der Waals surface area contributed by atoms with Gasteiger partial charge in [0.25, 0.3) is 5.91 Å². The zero-order chi connectivity index (χ0) is 16.8. The number of benzene rings is 1. The van der Waals surface area contributed by atoms with Gasteiger partial charge in [0.05, 0.1) is 19.6 Å². The molecule has 2 rings (SSSR count). The number of aromatic nitrogens is 1. The van der Waals surface area contributed by atoms with Gasteiger partial charge in [-0.15, -0.1) is 11.3 Å². The molecule has 0 aliphatic carbocycles. The van der Waals surface area contributed by atoms with Gasteiger partial charge in [-0.3, -0.25) is 9.59 Å².